The number of piperazine rings is 1. The quantitative estimate of drug-likeness (QED) is 0.931. The molecule has 1 N–H and O–H groups in total. The lowest BCUT2D eigenvalue weighted by atomic mass is 10.1. The predicted molar refractivity (Wildman–Crippen MR) is 88.5 cm³/mol. The Balaban J connectivity index is 1.49. The molecule has 1 aliphatic rings. The molecule has 1 aliphatic heterocycles. The Labute approximate surface area is 141 Å². The third-order valence-electron chi connectivity index (χ3n) is 4.42. The summed E-state index contributed by atoms with van der Waals surface area (Å²) in [5.41, 5.74) is 1.96. The number of rotatable bonds is 4. The van der Waals surface area contributed by atoms with Gasteiger partial charge in [-0.2, -0.15) is 0 Å². The molecule has 0 aromatic carbocycles. The van der Waals surface area contributed by atoms with Crippen LogP contribution in [0.15, 0.2) is 27.3 Å². The van der Waals surface area contributed by atoms with Crippen LogP contribution >= 0.6 is 0 Å². The van der Waals surface area contributed by atoms with Crippen molar-refractivity contribution in [3.8, 4) is 0 Å². The first-order valence-electron chi connectivity index (χ1n) is 8.27. The van der Waals surface area contributed by atoms with Crippen molar-refractivity contribution in [2.24, 2.45) is 0 Å². The van der Waals surface area contributed by atoms with Gasteiger partial charge in [0.15, 0.2) is 0 Å². The van der Waals surface area contributed by atoms with Crippen LogP contribution in [0.5, 0.6) is 0 Å². The lowest BCUT2D eigenvalue weighted by molar-refractivity contribution is 0.132. The monoisotopic (exact) mass is 332 g/mol. The van der Waals surface area contributed by atoms with Crippen LogP contribution in [0.1, 0.15) is 35.7 Å². The molecule has 7 heteroatoms. The van der Waals surface area contributed by atoms with Crippen molar-refractivity contribution in [1.29, 1.82) is 0 Å². The number of hydrogen-bond donors (Lipinski definition) is 1. The maximum absolute atomic E-state index is 12.5. The van der Waals surface area contributed by atoms with E-state index in [2.05, 4.69) is 15.4 Å². The van der Waals surface area contributed by atoms with Gasteiger partial charge in [0.05, 0.1) is 11.7 Å². The van der Waals surface area contributed by atoms with Crippen molar-refractivity contribution in [2.45, 2.75) is 33.4 Å². The van der Waals surface area contributed by atoms with Gasteiger partial charge in [0.2, 0.25) is 0 Å². The number of nitrogens with one attached hydrogen (secondary N) is 1. The van der Waals surface area contributed by atoms with Gasteiger partial charge < -0.3 is 19.2 Å². The zero-order valence-corrected chi connectivity index (χ0v) is 14.4. The van der Waals surface area contributed by atoms with E-state index in [1.807, 2.05) is 37.8 Å². The molecule has 3 heterocycles. The molecule has 1 atom stereocenters. The minimum Gasteiger partial charge on any atom is -0.466 e. The van der Waals surface area contributed by atoms with Crippen LogP contribution in [0.25, 0.3) is 0 Å². The maximum Gasteiger partial charge on any atom is 0.317 e. The molecule has 0 aliphatic carbocycles. The fraction of sp³-hybridized carbons (Fsp3) is 0.529. The van der Waals surface area contributed by atoms with Crippen molar-refractivity contribution in [3.63, 3.8) is 0 Å². The lowest BCUT2D eigenvalue weighted by Gasteiger charge is -2.34. The van der Waals surface area contributed by atoms with Crippen molar-refractivity contribution in [2.75, 3.05) is 26.2 Å². The van der Waals surface area contributed by atoms with Crippen LogP contribution in [0.4, 0.5) is 4.79 Å². The molecule has 7 nitrogen and oxygen atoms in total. The normalized spacial score (nSPS) is 17.0. The highest BCUT2D eigenvalue weighted by Crippen LogP contribution is 2.21. The van der Waals surface area contributed by atoms with Crippen molar-refractivity contribution in [1.82, 2.24) is 20.3 Å². The Morgan fingerprint density at radius 2 is 2.08 bits per heavy atom. The highest BCUT2D eigenvalue weighted by molar-refractivity contribution is 5.74. The highest BCUT2D eigenvalue weighted by Gasteiger charge is 2.23. The molecule has 2 aromatic rings. The fourth-order valence-corrected chi connectivity index (χ4v) is 3.09. The second kappa shape index (κ2) is 7.09. The van der Waals surface area contributed by atoms with E-state index in [1.165, 1.54) is 0 Å². The summed E-state index contributed by atoms with van der Waals surface area (Å²) in [5.74, 6) is 1.72. The third kappa shape index (κ3) is 3.79. The average Bonchev–Trinajstić information content (AvgIpc) is 3.17. The summed E-state index contributed by atoms with van der Waals surface area (Å²) in [5, 5.41) is 6.99. The number of carbonyl (C=O) groups is 1. The number of aromatic nitrogens is 1. The topological polar surface area (TPSA) is 74.8 Å². The summed E-state index contributed by atoms with van der Waals surface area (Å²) in [6.07, 6.45) is 1.58. The SMILES string of the molecule is Cc1cc([C@H](C)NC(=O)N2CCN(Cc3ccon3)CC2)c(C)o1. The van der Waals surface area contributed by atoms with E-state index in [1.54, 1.807) is 6.26 Å². The second-order valence-corrected chi connectivity index (χ2v) is 6.29. The third-order valence-corrected chi connectivity index (χ3v) is 4.42. The summed E-state index contributed by atoms with van der Waals surface area (Å²) >= 11 is 0. The summed E-state index contributed by atoms with van der Waals surface area (Å²) in [7, 11) is 0. The van der Waals surface area contributed by atoms with Crippen LogP contribution in [-0.4, -0.2) is 47.2 Å². The average molecular weight is 332 g/mol. The number of furan rings is 1. The number of amides is 2. The van der Waals surface area contributed by atoms with E-state index in [-0.39, 0.29) is 12.1 Å². The minimum atomic E-state index is -0.0666. The Hall–Kier alpha value is -2.28. The van der Waals surface area contributed by atoms with E-state index >= 15 is 0 Å². The van der Waals surface area contributed by atoms with Gasteiger partial charge in [0.1, 0.15) is 17.8 Å². The first-order chi connectivity index (χ1) is 11.5. The summed E-state index contributed by atoms with van der Waals surface area (Å²) in [6, 6.07) is 3.76. The van der Waals surface area contributed by atoms with E-state index < -0.39 is 0 Å². The molecular weight excluding hydrogens is 308 g/mol. The van der Waals surface area contributed by atoms with Gasteiger partial charge in [-0.15, -0.1) is 0 Å². The molecule has 0 saturated carbocycles. The van der Waals surface area contributed by atoms with Gasteiger partial charge in [-0.1, -0.05) is 5.16 Å². The van der Waals surface area contributed by atoms with Crippen molar-refractivity contribution >= 4 is 6.03 Å². The van der Waals surface area contributed by atoms with Gasteiger partial charge in [-0.05, 0) is 26.8 Å². The summed E-state index contributed by atoms with van der Waals surface area (Å²) < 4.78 is 10.4. The molecule has 3 rings (SSSR count). The van der Waals surface area contributed by atoms with Gasteiger partial charge >= 0.3 is 6.03 Å². The number of hydrogen-bond acceptors (Lipinski definition) is 5. The molecule has 2 aromatic heterocycles. The van der Waals surface area contributed by atoms with Crippen LogP contribution < -0.4 is 5.32 Å². The summed E-state index contributed by atoms with van der Waals surface area (Å²) in [6.45, 7) is 9.66. The van der Waals surface area contributed by atoms with Crippen LogP contribution in [0.3, 0.4) is 0 Å². The first kappa shape index (κ1) is 16.6. The predicted octanol–water partition coefficient (Wildman–Crippen LogP) is 2.47. The van der Waals surface area contributed by atoms with Gasteiger partial charge in [-0.25, -0.2) is 4.79 Å². The zero-order valence-electron chi connectivity index (χ0n) is 14.4. The molecule has 24 heavy (non-hydrogen) atoms. The van der Waals surface area contributed by atoms with E-state index in [9.17, 15) is 4.79 Å². The highest BCUT2D eigenvalue weighted by atomic mass is 16.5. The zero-order chi connectivity index (χ0) is 17.1. The van der Waals surface area contributed by atoms with Crippen molar-refractivity contribution < 1.29 is 13.7 Å². The lowest BCUT2D eigenvalue weighted by Crippen LogP contribution is -2.51. The largest absolute Gasteiger partial charge is 0.466 e. The van der Waals surface area contributed by atoms with Gasteiger partial charge in [0.25, 0.3) is 0 Å². The molecular formula is C17H24N4O3. The minimum absolute atomic E-state index is 0.0261. The van der Waals surface area contributed by atoms with E-state index in [0.717, 1.165) is 42.4 Å². The number of aryl methyl sites for hydroxylation is 2. The van der Waals surface area contributed by atoms with Crippen molar-refractivity contribution in [3.05, 3.63) is 41.2 Å². The van der Waals surface area contributed by atoms with Crippen LogP contribution in [0, 0.1) is 13.8 Å². The molecule has 1 saturated heterocycles. The molecule has 0 unspecified atom stereocenters. The number of nitrogens with zero attached hydrogens (tertiary/aromatic N) is 3. The van der Waals surface area contributed by atoms with Gasteiger partial charge in [0, 0.05) is 44.4 Å². The van der Waals surface area contributed by atoms with Crippen LogP contribution in [0.2, 0.25) is 0 Å². The Kier molecular flexibility index (Phi) is 4.89. The Morgan fingerprint density at radius 3 is 2.67 bits per heavy atom. The molecule has 130 valence electrons. The smallest absolute Gasteiger partial charge is 0.317 e. The molecule has 0 spiro atoms. The summed E-state index contributed by atoms with van der Waals surface area (Å²) in [4.78, 5) is 16.6. The van der Waals surface area contributed by atoms with Crippen LogP contribution in [-0.2, 0) is 6.54 Å². The molecule has 0 bridgehead atoms. The maximum atomic E-state index is 12.5. The number of urea groups is 1. The first-order valence-corrected chi connectivity index (χ1v) is 8.27. The molecule has 0 radical (unpaired) electrons. The molecule has 2 amide bonds. The van der Waals surface area contributed by atoms with E-state index in [0.29, 0.717) is 13.1 Å². The Bertz CT molecular complexity index is 672. The standard InChI is InChI=1S/C17H24N4O3/c1-12-10-16(14(3)24-12)13(2)18-17(22)21-7-5-20(6-8-21)11-15-4-9-23-19-15/h4,9-10,13H,5-8,11H2,1-3H3,(H,18,22)/t13-/m0/s1. The Morgan fingerprint density at radius 1 is 1.33 bits per heavy atom. The fourth-order valence-electron chi connectivity index (χ4n) is 3.09. The van der Waals surface area contributed by atoms with Gasteiger partial charge in [-0.3, -0.25) is 4.90 Å². The van der Waals surface area contributed by atoms with E-state index in [4.69, 9.17) is 8.94 Å². The second-order valence-electron chi connectivity index (χ2n) is 6.29. The number of carbonyl (C=O) groups excluding carboxylic acids is 1. The molecule has 1 fully saturated rings.